The van der Waals surface area contributed by atoms with Crippen molar-refractivity contribution < 1.29 is 14.0 Å². The first-order valence-corrected chi connectivity index (χ1v) is 9.64. The summed E-state index contributed by atoms with van der Waals surface area (Å²) in [5, 5.41) is 3.04. The first-order valence-electron chi connectivity index (χ1n) is 9.64. The summed E-state index contributed by atoms with van der Waals surface area (Å²) < 4.78 is 13.4. The van der Waals surface area contributed by atoms with Crippen molar-refractivity contribution in [2.24, 2.45) is 0 Å². The third-order valence-electron chi connectivity index (χ3n) is 5.61. The Kier molecular flexibility index (Phi) is 5.07. The fourth-order valence-corrected chi connectivity index (χ4v) is 4.38. The van der Waals surface area contributed by atoms with Gasteiger partial charge in [0.15, 0.2) is 0 Å². The van der Waals surface area contributed by atoms with E-state index in [9.17, 15) is 14.0 Å². The van der Waals surface area contributed by atoms with Gasteiger partial charge in [-0.2, -0.15) is 0 Å². The summed E-state index contributed by atoms with van der Waals surface area (Å²) in [5.74, 6) is -0.516. The van der Waals surface area contributed by atoms with Crippen LogP contribution in [-0.4, -0.2) is 44.8 Å². The van der Waals surface area contributed by atoms with Crippen molar-refractivity contribution in [3.63, 3.8) is 0 Å². The van der Waals surface area contributed by atoms with Crippen LogP contribution >= 0.6 is 0 Å². The van der Waals surface area contributed by atoms with Crippen molar-refractivity contribution in [1.82, 2.24) is 20.2 Å². The molecule has 2 saturated heterocycles. The molecule has 2 unspecified atom stereocenters. The number of piperidine rings is 1. The average Bonchev–Trinajstić information content (AvgIpc) is 2.93. The Balaban J connectivity index is 1.38. The Morgan fingerprint density at radius 3 is 2.57 bits per heavy atom. The second kappa shape index (κ2) is 7.66. The fraction of sp³-hybridized carbons (Fsp3) is 0.429. The van der Waals surface area contributed by atoms with Crippen molar-refractivity contribution in [3.8, 4) is 0 Å². The Labute approximate surface area is 163 Å². The molecule has 6 nitrogen and oxygen atoms in total. The largest absolute Gasteiger partial charge is 0.348 e. The molecule has 7 heteroatoms. The predicted octanol–water partition coefficient (Wildman–Crippen LogP) is 2.42. The van der Waals surface area contributed by atoms with Gasteiger partial charge in [-0.1, -0.05) is 12.1 Å². The summed E-state index contributed by atoms with van der Waals surface area (Å²) in [4.78, 5) is 35.4. The third kappa shape index (κ3) is 3.88. The van der Waals surface area contributed by atoms with Gasteiger partial charge in [0.2, 0.25) is 5.91 Å². The standard InChI is InChI=1S/C21H23FN4O2/c1-13-11-24-19(12-23-13)21(28)25-16-9-17-5-6-18(10-16)26(17)20(27)8-14-3-2-4-15(22)7-14/h2-4,7,11-12,16-18H,5-6,8-10H2,1H3,(H,25,28). The lowest BCUT2D eigenvalue weighted by molar-refractivity contribution is -0.135. The Bertz CT molecular complexity index is 872. The zero-order valence-electron chi connectivity index (χ0n) is 15.8. The zero-order chi connectivity index (χ0) is 19.7. The van der Waals surface area contributed by atoms with E-state index in [1.54, 1.807) is 18.3 Å². The normalized spacial score (nSPS) is 23.5. The molecular weight excluding hydrogens is 359 g/mol. The summed E-state index contributed by atoms with van der Waals surface area (Å²) >= 11 is 0. The molecule has 3 heterocycles. The van der Waals surface area contributed by atoms with E-state index in [1.807, 2.05) is 11.8 Å². The molecule has 0 saturated carbocycles. The molecular formula is C21H23FN4O2. The molecule has 2 fully saturated rings. The van der Waals surface area contributed by atoms with E-state index < -0.39 is 0 Å². The van der Waals surface area contributed by atoms with Crippen LogP contribution in [0.3, 0.4) is 0 Å². The summed E-state index contributed by atoms with van der Waals surface area (Å²) in [6, 6.07) is 6.45. The summed E-state index contributed by atoms with van der Waals surface area (Å²) in [6.07, 6.45) is 6.61. The van der Waals surface area contributed by atoms with E-state index in [-0.39, 0.29) is 42.2 Å². The van der Waals surface area contributed by atoms with Crippen molar-refractivity contribution in [1.29, 1.82) is 0 Å². The van der Waals surface area contributed by atoms with E-state index in [0.717, 1.165) is 31.4 Å². The molecule has 146 valence electrons. The molecule has 2 aliphatic heterocycles. The smallest absolute Gasteiger partial charge is 0.271 e. The van der Waals surface area contributed by atoms with E-state index in [2.05, 4.69) is 15.3 Å². The lowest BCUT2D eigenvalue weighted by Crippen LogP contribution is -2.52. The highest BCUT2D eigenvalue weighted by atomic mass is 19.1. The van der Waals surface area contributed by atoms with E-state index >= 15 is 0 Å². The summed E-state index contributed by atoms with van der Waals surface area (Å²) in [6.45, 7) is 1.82. The topological polar surface area (TPSA) is 75.2 Å². The van der Waals surface area contributed by atoms with Crippen LogP contribution < -0.4 is 5.32 Å². The van der Waals surface area contributed by atoms with Gasteiger partial charge in [0.1, 0.15) is 11.5 Å². The van der Waals surface area contributed by atoms with Crippen molar-refractivity contribution in [3.05, 3.63) is 59.4 Å². The van der Waals surface area contributed by atoms with Gasteiger partial charge in [-0.25, -0.2) is 9.37 Å². The van der Waals surface area contributed by atoms with Gasteiger partial charge in [-0.15, -0.1) is 0 Å². The Hall–Kier alpha value is -2.83. The van der Waals surface area contributed by atoms with Crippen molar-refractivity contribution in [2.75, 3.05) is 0 Å². The molecule has 2 aliphatic rings. The summed E-state index contributed by atoms with van der Waals surface area (Å²) in [7, 11) is 0. The number of nitrogens with zero attached hydrogens (tertiary/aromatic N) is 3. The van der Waals surface area contributed by atoms with Crippen LogP contribution in [0.25, 0.3) is 0 Å². The van der Waals surface area contributed by atoms with E-state index in [4.69, 9.17) is 0 Å². The zero-order valence-corrected chi connectivity index (χ0v) is 15.8. The predicted molar refractivity (Wildman–Crippen MR) is 101 cm³/mol. The highest BCUT2D eigenvalue weighted by molar-refractivity contribution is 5.92. The second-order valence-corrected chi connectivity index (χ2v) is 7.68. The van der Waals surface area contributed by atoms with Gasteiger partial charge in [0.25, 0.3) is 5.91 Å². The quantitative estimate of drug-likeness (QED) is 0.881. The SMILES string of the molecule is Cc1cnc(C(=O)NC2CC3CCC(C2)N3C(=O)Cc2cccc(F)c2)cn1. The molecule has 0 aliphatic carbocycles. The second-order valence-electron chi connectivity index (χ2n) is 7.68. The average molecular weight is 382 g/mol. The van der Waals surface area contributed by atoms with Gasteiger partial charge in [-0.3, -0.25) is 14.6 Å². The molecule has 0 spiro atoms. The first-order chi connectivity index (χ1) is 13.5. The minimum Gasteiger partial charge on any atom is -0.348 e. The first kappa shape index (κ1) is 18.5. The number of rotatable bonds is 4. The molecule has 28 heavy (non-hydrogen) atoms. The van der Waals surface area contributed by atoms with Crippen LogP contribution in [0.15, 0.2) is 36.7 Å². The van der Waals surface area contributed by atoms with Crippen LogP contribution in [0.2, 0.25) is 0 Å². The number of aryl methyl sites for hydroxylation is 1. The molecule has 1 aromatic heterocycles. The molecule has 1 aromatic carbocycles. The van der Waals surface area contributed by atoms with Gasteiger partial charge in [0.05, 0.1) is 18.3 Å². The number of fused-ring (bicyclic) bond motifs is 2. The van der Waals surface area contributed by atoms with E-state index in [1.165, 1.54) is 18.3 Å². The van der Waals surface area contributed by atoms with Crippen LogP contribution in [-0.2, 0) is 11.2 Å². The lowest BCUT2D eigenvalue weighted by Gasteiger charge is -2.39. The number of carbonyl (C=O) groups excluding carboxylic acids is 2. The molecule has 2 amide bonds. The minimum atomic E-state index is -0.325. The van der Waals surface area contributed by atoms with Gasteiger partial charge in [-0.05, 0) is 50.3 Å². The molecule has 2 bridgehead atoms. The highest BCUT2D eigenvalue weighted by Gasteiger charge is 2.43. The molecule has 2 atom stereocenters. The molecule has 2 aromatic rings. The number of aromatic nitrogens is 2. The number of carbonyl (C=O) groups is 2. The fourth-order valence-electron chi connectivity index (χ4n) is 4.38. The Morgan fingerprint density at radius 2 is 1.93 bits per heavy atom. The number of benzene rings is 1. The third-order valence-corrected chi connectivity index (χ3v) is 5.61. The lowest BCUT2D eigenvalue weighted by atomic mass is 9.96. The monoisotopic (exact) mass is 382 g/mol. The number of halogens is 1. The van der Waals surface area contributed by atoms with Crippen molar-refractivity contribution in [2.45, 2.75) is 57.2 Å². The number of hydrogen-bond donors (Lipinski definition) is 1. The number of nitrogens with one attached hydrogen (secondary N) is 1. The molecule has 1 N–H and O–H groups in total. The van der Waals surface area contributed by atoms with Crippen molar-refractivity contribution >= 4 is 11.8 Å². The van der Waals surface area contributed by atoms with Gasteiger partial charge >= 0.3 is 0 Å². The highest BCUT2D eigenvalue weighted by Crippen LogP contribution is 2.36. The van der Waals surface area contributed by atoms with Crippen LogP contribution in [0.4, 0.5) is 4.39 Å². The maximum absolute atomic E-state index is 13.4. The van der Waals surface area contributed by atoms with Crippen LogP contribution in [0, 0.1) is 12.7 Å². The van der Waals surface area contributed by atoms with E-state index in [0.29, 0.717) is 11.3 Å². The number of hydrogen-bond acceptors (Lipinski definition) is 4. The maximum Gasteiger partial charge on any atom is 0.271 e. The van der Waals surface area contributed by atoms with Crippen LogP contribution in [0.1, 0.15) is 47.4 Å². The van der Waals surface area contributed by atoms with Gasteiger partial charge < -0.3 is 10.2 Å². The van der Waals surface area contributed by atoms with Gasteiger partial charge in [0, 0.05) is 24.3 Å². The Morgan fingerprint density at radius 1 is 1.18 bits per heavy atom. The summed E-state index contributed by atoms with van der Waals surface area (Å²) in [5.41, 5.74) is 1.76. The molecule has 4 rings (SSSR count). The maximum atomic E-state index is 13.4. The molecule has 0 radical (unpaired) electrons. The van der Waals surface area contributed by atoms with Crippen LogP contribution in [0.5, 0.6) is 0 Å². The number of amides is 2. The minimum absolute atomic E-state index is 0.0197.